The summed E-state index contributed by atoms with van der Waals surface area (Å²) in [5, 5.41) is 3.08. The van der Waals surface area contributed by atoms with E-state index < -0.39 is 11.8 Å². The third-order valence-electron chi connectivity index (χ3n) is 3.94. The van der Waals surface area contributed by atoms with Gasteiger partial charge in [0.15, 0.2) is 0 Å². The second kappa shape index (κ2) is 6.76. The molecular formula is C15H22FN3O2. The van der Waals surface area contributed by atoms with Gasteiger partial charge >= 0.3 is 5.97 Å². The van der Waals surface area contributed by atoms with Gasteiger partial charge in [-0.15, -0.1) is 0 Å². The number of nitrogens with one attached hydrogen (secondary N) is 1. The zero-order valence-electron chi connectivity index (χ0n) is 12.5. The molecule has 3 N–H and O–H groups in total. The van der Waals surface area contributed by atoms with Crippen LogP contribution < -0.4 is 11.1 Å². The summed E-state index contributed by atoms with van der Waals surface area (Å²) in [6, 6.07) is 2.57. The number of nitrogen functional groups attached to an aromatic ring is 1. The normalized spacial score (nSPS) is 18.7. The standard InChI is InChI=1S/C15H22FN3O2/c1-3-19-5-4-10(9-19)8-18-14-6-11(15(20)21-2)13(17)7-12(14)16/h6-7,10,18H,3-5,8-9,17H2,1-2H3. The van der Waals surface area contributed by atoms with E-state index >= 15 is 0 Å². The summed E-state index contributed by atoms with van der Waals surface area (Å²) in [5.41, 5.74) is 6.21. The number of hydrogen-bond donors (Lipinski definition) is 2. The zero-order chi connectivity index (χ0) is 15.4. The van der Waals surface area contributed by atoms with E-state index in [0.717, 1.165) is 32.1 Å². The van der Waals surface area contributed by atoms with Gasteiger partial charge in [0.2, 0.25) is 0 Å². The Labute approximate surface area is 124 Å². The molecule has 116 valence electrons. The summed E-state index contributed by atoms with van der Waals surface area (Å²) < 4.78 is 18.6. The largest absolute Gasteiger partial charge is 0.465 e. The van der Waals surface area contributed by atoms with Crippen molar-refractivity contribution < 1.29 is 13.9 Å². The van der Waals surface area contributed by atoms with Crippen LogP contribution in [0.15, 0.2) is 12.1 Å². The number of benzene rings is 1. The number of nitrogens with two attached hydrogens (primary N) is 1. The Balaban J connectivity index is 2.04. The van der Waals surface area contributed by atoms with Crippen molar-refractivity contribution in [1.82, 2.24) is 4.90 Å². The number of ether oxygens (including phenoxy) is 1. The first kappa shape index (κ1) is 15.6. The summed E-state index contributed by atoms with van der Waals surface area (Å²) in [4.78, 5) is 13.9. The third kappa shape index (κ3) is 3.64. The lowest BCUT2D eigenvalue weighted by Crippen LogP contribution is -2.22. The molecule has 0 amide bonds. The summed E-state index contributed by atoms with van der Waals surface area (Å²) in [6.45, 7) is 5.96. The van der Waals surface area contributed by atoms with Crippen LogP contribution in [-0.4, -0.2) is 44.2 Å². The fourth-order valence-corrected chi connectivity index (χ4v) is 2.63. The monoisotopic (exact) mass is 295 g/mol. The van der Waals surface area contributed by atoms with Gasteiger partial charge in [0, 0.05) is 18.8 Å². The molecule has 1 saturated heterocycles. The lowest BCUT2D eigenvalue weighted by Gasteiger charge is -2.15. The number of carbonyl (C=O) groups excluding carboxylic acids is 1. The molecule has 0 radical (unpaired) electrons. The number of anilines is 2. The van der Waals surface area contributed by atoms with Crippen LogP contribution in [0.5, 0.6) is 0 Å². The van der Waals surface area contributed by atoms with Crippen molar-refractivity contribution in [3.63, 3.8) is 0 Å². The van der Waals surface area contributed by atoms with E-state index in [1.807, 2.05) is 0 Å². The van der Waals surface area contributed by atoms with Gasteiger partial charge in [-0.3, -0.25) is 0 Å². The van der Waals surface area contributed by atoms with Gasteiger partial charge in [0.05, 0.1) is 18.4 Å². The second-order valence-electron chi connectivity index (χ2n) is 5.34. The maximum atomic E-state index is 13.9. The van der Waals surface area contributed by atoms with Crippen molar-refractivity contribution in [2.24, 2.45) is 5.92 Å². The van der Waals surface area contributed by atoms with Gasteiger partial charge in [0.1, 0.15) is 5.82 Å². The minimum absolute atomic E-state index is 0.0860. The molecule has 1 atom stereocenters. The van der Waals surface area contributed by atoms with Gasteiger partial charge < -0.3 is 20.7 Å². The maximum absolute atomic E-state index is 13.9. The van der Waals surface area contributed by atoms with Crippen molar-refractivity contribution in [3.8, 4) is 0 Å². The van der Waals surface area contributed by atoms with Crippen LogP contribution in [0.3, 0.4) is 0 Å². The Kier molecular flexibility index (Phi) is 5.01. The molecule has 0 saturated carbocycles. The molecule has 0 aromatic heterocycles. The predicted molar refractivity (Wildman–Crippen MR) is 80.9 cm³/mol. The molecule has 0 bridgehead atoms. The van der Waals surface area contributed by atoms with Crippen LogP contribution in [0.4, 0.5) is 15.8 Å². The van der Waals surface area contributed by atoms with Crippen LogP contribution in [0.2, 0.25) is 0 Å². The summed E-state index contributed by atoms with van der Waals surface area (Å²) >= 11 is 0. The highest BCUT2D eigenvalue weighted by Crippen LogP contribution is 2.24. The van der Waals surface area contributed by atoms with E-state index in [1.165, 1.54) is 13.2 Å². The first-order valence-electron chi connectivity index (χ1n) is 7.18. The number of halogens is 1. The quantitative estimate of drug-likeness (QED) is 0.642. The molecule has 1 aromatic carbocycles. The average molecular weight is 295 g/mol. The summed E-state index contributed by atoms with van der Waals surface area (Å²) in [5.74, 6) is -0.525. The number of esters is 1. The van der Waals surface area contributed by atoms with Crippen LogP contribution in [0.1, 0.15) is 23.7 Å². The summed E-state index contributed by atoms with van der Waals surface area (Å²) in [7, 11) is 1.27. The highest BCUT2D eigenvalue weighted by atomic mass is 19.1. The molecule has 0 spiro atoms. The van der Waals surface area contributed by atoms with Crippen LogP contribution in [-0.2, 0) is 4.74 Å². The van der Waals surface area contributed by atoms with E-state index in [-0.39, 0.29) is 11.3 Å². The van der Waals surface area contributed by atoms with Gasteiger partial charge in [0.25, 0.3) is 0 Å². The van der Waals surface area contributed by atoms with E-state index in [2.05, 4.69) is 21.9 Å². The zero-order valence-corrected chi connectivity index (χ0v) is 12.5. The van der Waals surface area contributed by atoms with Gasteiger partial charge in [-0.1, -0.05) is 6.92 Å². The van der Waals surface area contributed by atoms with E-state index in [1.54, 1.807) is 0 Å². The van der Waals surface area contributed by atoms with Crippen molar-refractivity contribution in [2.75, 3.05) is 44.3 Å². The Bertz CT molecular complexity index is 522. The number of nitrogens with zero attached hydrogens (tertiary/aromatic N) is 1. The average Bonchev–Trinajstić information content (AvgIpc) is 2.93. The van der Waals surface area contributed by atoms with Crippen molar-refractivity contribution >= 4 is 17.3 Å². The number of rotatable bonds is 5. The topological polar surface area (TPSA) is 67.6 Å². The Morgan fingerprint density at radius 1 is 1.57 bits per heavy atom. The highest BCUT2D eigenvalue weighted by Gasteiger charge is 2.21. The molecule has 1 aliphatic rings. The smallest absolute Gasteiger partial charge is 0.340 e. The molecule has 6 heteroatoms. The van der Waals surface area contributed by atoms with Gasteiger partial charge in [-0.25, -0.2) is 9.18 Å². The number of likely N-dealkylation sites (tertiary alicyclic amines) is 1. The Morgan fingerprint density at radius 3 is 2.95 bits per heavy atom. The molecule has 21 heavy (non-hydrogen) atoms. The lowest BCUT2D eigenvalue weighted by molar-refractivity contribution is 0.0602. The number of hydrogen-bond acceptors (Lipinski definition) is 5. The minimum Gasteiger partial charge on any atom is -0.465 e. The Hall–Kier alpha value is -1.82. The van der Waals surface area contributed by atoms with Crippen LogP contribution in [0.25, 0.3) is 0 Å². The minimum atomic E-state index is -0.562. The van der Waals surface area contributed by atoms with Crippen LogP contribution >= 0.6 is 0 Å². The molecule has 1 fully saturated rings. The van der Waals surface area contributed by atoms with E-state index in [4.69, 9.17) is 5.73 Å². The lowest BCUT2D eigenvalue weighted by atomic mass is 10.1. The van der Waals surface area contributed by atoms with Gasteiger partial charge in [-0.05, 0) is 37.6 Å². The molecule has 1 aromatic rings. The molecule has 1 aliphatic heterocycles. The van der Waals surface area contributed by atoms with Crippen molar-refractivity contribution in [2.45, 2.75) is 13.3 Å². The second-order valence-corrected chi connectivity index (χ2v) is 5.34. The number of methoxy groups -OCH3 is 1. The first-order valence-corrected chi connectivity index (χ1v) is 7.18. The third-order valence-corrected chi connectivity index (χ3v) is 3.94. The molecule has 1 heterocycles. The van der Waals surface area contributed by atoms with Gasteiger partial charge in [-0.2, -0.15) is 0 Å². The highest BCUT2D eigenvalue weighted by molar-refractivity contribution is 5.96. The van der Waals surface area contributed by atoms with Crippen molar-refractivity contribution in [1.29, 1.82) is 0 Å². The molecule has 1 unspecified atom stereocenters. The van der Waals surface area contributed by atoms with Crippen LogP contribution in [0, 0.1) is 11.7 Å². The summed E-state index contributed by atoms with van der Waals surface area (Å²) in [6.07, 6.45) is 1.10. The van der Waals surface area contributed by atoms with Crippen molar-refractivity contribution in [3.05, 3.63) is 23.5 Å². The maximum Gasteiger partial charge on any atom is 0.340 e. The van der Waals surface area contributed by atoms with E-state index in [0.29, 0.717) is 18.2 Å². The molecule has 5 nitrogen and oxygen atoms in total. The first-order chi connectivity index (χ1) is 10.0. The fraction of sp³-hybridized carbons (Fsp3) is 0.533. The van der Waals surface area contributed by atoms with E-state index in [9.17, 15) is 9.18 Å². The fourth-order valence-electron chi connectivity index (χ4n) is 2.63. The Morgan fingerprint density at radius 2 is 2.33 bits per heavy atom. The number of carbonyl (C=O) groups is 1. The molecule has 2 rings (SSSR count). The predicted octanol–water partition coefficient (Wildman–Crippen LogP) is 1.95. The molecular weight excluding hydrogens is 273 g/mol. The molecule has 0 aliphatic carbocycles. The SMILES string of the molecule is CCN1CCC(CNc2cc(C(=O)OC)c(N)cc2F)C1.